The van der Waals surface area contributed by atoms with E-state index in [4.69, 9.17) is 27.9 Å². The Hall–Kier alpha value is -0.820. The molecule has 8 heteroatoms. The highest BCUT2D eigenvalue weighted by Crippen LogP contribution is 2.33. The molecule has 128 valence electrons. The number of carbonyl (C=O) groups excluding carboxylic acids is 1. The molecule has 0 radical (unpaired) electrons. The molecular formula is C15H19Cl2NO4S. The third kappa shape index (κ3) is 3.82. The summed E-state index contributed by atoms with van der Waals surface area (Å²) < 4.78 is 31.9. The van der Waals surface area contributed by atoms with Crippen LogP contribution in [0.15, 0.2) is 17.0 Å². The first kappa shape index (κ1) is 18.5. The number of hydrogen-bond donors (Lipinski definition) is 0. The van der Waals surface area contributed by atoms with Crippen LogP contribution in [0.25, 0.3) is 0 Å². The largest absolute Gasteiger partial charge is 0.466 e. The lowest BCUT2D eigenvalue weighted by atomic mass is 9.98. The Morgan fingerprint density at radius 2 is 1.91 bits per heavy atom. The Balaban J connectivity index is 2.17. The summed E-state index contributed by atoms with van der Waals surface area (Å²) in [5, 5.41) is 0.569. The maximum Gasteiger partial charge on any atom is 0.309 e. The Morgan fingerprint density at radius 3 is 2.48 bits per heavy atom. The predicted octanol–water partition coefficient (Wildman–Crippen LogP) is 3.27. The van der Waals surface area contributed by atoms with Crippen molar-refractivity contribution in [2.24, 2.45) is 5.92 Å². The van der Waals surface area contributed by atoms with Crippen LogP contribution in [0.2, 0.25) is 10.0 Å². The van der Waals surface area contributed by atoms with Crippen LogP contribution in [0.1, 0.15) is 25.3 Å². The van der Waals surface area contributed by atoms with Crippen LogP contribution in [0.4, 0.5) is 0 Å². The highest BCUT2D eigenvalue weighted by molar-refractivity contribution is 7.89. The molecule has 0 atom stereocenters. The first-order chi connectivity index (χ1) is 10.8. The van der Waals surface area contributed by atoms with Crippen molar-refractivity contribution in [3.8, 4) is 0 Å². The van der Waals surface area contributed by atoms with Crippen LogP contribution in [-0.2, 0) is 19.6 Å². The van der Waals surface area contributed by atoms with Crippen molar-refractivity contribution >= 4 is 39.2 Å². The average Bonchev–Trinajstić information content (AvgIpc) is 2.53. The van der Waals surface area contributed by atoms with E-state index in [-0.39, 0.29) is 34.9 Å². The van der Waals surface area contributed by atoms with Crippen molar-refractivity contribution in [2.45, 2.75) is 31.6 Å². The maximum absolute atomic E-state index is 12.8. The van der Waals surface area contributed by atoms with E-state index in [0.29, 0.717) is 30.0 Å². The van der Waals surface area contributed by atoms with Gasteiger partial charge in [-0.05, 0) is 44.4 Å². The average molecular weight is 380 g/mol. The molecule has 0 bridgehead atoms. The van der Waals surface area contributed by atoms with Gasteiger partial charge in [-0.15, -0.1) is 0 Å². The fourth-order valence-electron chi connectivity index (χ4n) is 2.57. The first-order valence-electron chi connectivity index (χ1n) is 7.40. The van der Waals surface area contributed by atoms with Gasteiger partial charge in [0.15, 0.2) is 0 Å². The van der Waals surface area contributed by atoms with Crippen LogP contribution in [0.5, 0.6) is 0 Å². The fourth-order valence-corrected chi connectivity index (χ4v) is 4.82. The van der Waals surface area contributed by atoms with Gasteiger partial charge in [0.2, 0.25) is 10.0 Å². The summed E-state index contributed by atoms with van der Waals surface area (Å²) in [4.78, 5) is 11.8. The molecule has 1 aliphatic heterocycles. The van der Waals surface area contributed by atoms with Gasteiger partial charge in [0.1, 0.15) is 4.90 Å². The zero-order valence-corrected chi connectivity index (χ0v) is 15.3. The molecule has 1 aromatic rings. The van der Waals surface area contributed by atoms with E-state index >= 15 is 0 Å². The zero-order chi connectivity index (χ0) is 17.2. The molecule has 0 saturated carbocycles. The van der Waals surface area contributed by atoms with Crippen molar-refractivity contribution < 1.29 is 17.9 Å². The van der Waals surface area contributed by atoms with E-state index in [1.807, 2.05) is 0 Å². The van der Waals surface area contributed by atoms with Crippen molar-refractivity contribution in [1.82, 2.24) is 4.31 Å². The molecule has 1 aromatic carbocycles. The molecule has 5 nitrogen and oxygen atoms in total. The normalized spacial score (nSPS) is 17.2. The highest BCUT2D eigenvalue weighted by atomic mass is 35.5. The first-order valence-corrected chi connectivity index (χ1v) is 9.60. The molecule has 1 fully saturated rings. The number of rotatable bonds is 4. The minimum Gasteiger partial charge on any atom is -0.466 e. The molecule has 1 heterocycles. The van der Waals surface area contributed by atoms with Crippen molar-refractivity contribution in [1.29, 1.82) is 0 Å². The van der Waals surface area contributed by atoms with Gasteiger partial charge in [0, 0.05) is 18.1 Å². The number of ether oxygens (including phenoxy) is 1. The van der Waals surface area contributed by atoms with Crippen molar-refractivity contribution in [2.75, 3.05) is 19.7 Å². The van der Waals surface area contributed by atoms with E-state index in [2.05, 4.69) is 0 Å². The monoisotopic (exact) mass is 379 g/mol. The molecule has 1 aliphatic rings. The molecule has 1 saturated heterocycles. The smallest absolute Gasteiger partial charge is 0.309 e. The van der Waals surface area contributed by atoms with Gasteiger partial charge < -0.3 is 4.74 Å². The van der Waals surface area contributed by atoms with Gasteiger partial charge in [-0.3, -0.25) is 4.79 Å². The molecule has 0 aliphatic carbocycles. The van der Waals surface area contributed by atoms with Crippen LogP contribution in [-0.4, -0.2) is 38.4 Å². The van der Waals surface area contributed by atoms with Gasteiger partial charge in [0.25, 0.3) is 0 Å². The molecular weight excluding hydrogens is 361 g/mol. The van der Waals surface area contributed by atoms with E-state index in [1.165, 1.54) is 16.4 Å². The van der Waals surface area contributed by atoms with E-state index in [1.54, 1.807) is 13.8 Å². The lowest BCUT2D eigenvalue weighted by Gasteiger charge is -2.30. The third-order valence-corrected chi connectivity index (χ3v) is 6.93. The van der Waals surface area contributed by atoms with Crippen molar-refractivity contribution in [3.63, 3.8) is 0 Å². The summed E-state index contributed by atoms with van der Waals surface area (Å²) in [5.41, 5.74) is 0.538. The fraction of sp³-hybridized carbons (Fsp3) is 0.533. The molecule has 23 heavy (non-hydrogen) atoms. The summed E-state index contributed by atoms with van der Waals surface area (Å²) in [7, 11) is -3.70. The summed E-state index contributed by atoms with van der Waals surface area (Å²) in [6.45, 7) is 4.30. The molecule has 2 rings (SSSR count). The number of halogens is 2. The second kappa shape index (κ2) is 7.38. The maximum atomic E-state index is 12.8. The van der Waals surface area contributed by atoms with Crippen LogP contribution in [0, 0.1) is 12.8 Å². The number of sulfonamides is 1. The SMILES string of the molecule is CCOC(=O)C1CCN(S(=O)(=O)c2ccc(Cl)c(C)c2Cl)CC1. The summed E-state index contributed by atoms with van der Waals surface area (Å²) in [5.74, 6) is -0.506. The van der Waals surface area contributed by atoms with E-state index in [9.17, 15) is 13.2 Å². The quantitative estimate of drug-likeness (QED) is 0.753. The van der Waals surface area contributed by atoms with Crippen LogP contribution >= 0.6 is 23.2 Å². The molecule has 0 unspecified atom stereocenters. The topological polar surface area (TPSA) is 63.7 Å². The number of piperidine rings is 1. The standard InChI is InChI=1S/C15H19Cl2NO4S/c1-3-22-15(19)11-6-8-18(9-7-11)23(20,21)13-5-4-12(16)10(2)14(13)17/h4-5,11H,3,6-9H2,1-2H3. The minimum atomic E-state index is -3.70. The number of nitrogens with zero attached hydrogens (tertiary/aromatic N) is 1. The summed E-state index contributed by atoms with van der Waals surface area (Å²) >= 11 is 12.1. The number of hydrogen-bond acceptors (Lipinski definition) is 4. The number of esters is 1. The van der Waals surface area contributed by atoms with Crippen LogP contribution < -0.4 is 0 Å². The number of carbonyl (C=O) groups is 1. The highest BCUT2D eigenvalue weighted by Gasteiger charge is 2.34. The second-order valence-electron chi connectivity index (χ2n) is 5.41. The predicted molar refractivity (Wildman–Crippen MR) is 89.3 cm³/mol. The minimum absolute atomic E-state index is 0.0515. The van der Waals surface area contributed by atoms with Gasteiger partial charge in [-0.1, -0.05) is 23.2 Å². The molecule has 0 spiro atoms. The van der Waals surface area contributed by atoms with E-state index < -0.39 is 10.0 Å². The van der Waals surface area contributed by atoms with Gasteiger partial charge in [-0.2, -0.15) is 4.31 Å². The number of benzene rings is 1. The lowest BCUT2D eigenvalue weighted by Crippen LogP contribution is -2.40. The molecule has 0 amide bonds. The Kier molecular flexibility index (Phi) is 5.94. The Bertz CT molecular complexity index is 698. The Morgan fingerprint density at radius 1 is 1.30 bits per heavy atom. The summed E-state index contributed by atoms with van der Waals surface area (Å²) in [6.07, 6.45) is 0.893. The van der Waals surface area contributed by atoms with Crippen LogP contribution in [0.3, 0.4) is 0 Å². The van der Waals surface area contributed by atoms with Gasteiger partial charge in [-0.25, -0.2) is 8.42 Å². The zero-order valence-electron chi connectivity index (χ0n) is 13.0. The lowest BCUT2D eigenvalue weighted by molar-refractivity contribution is -0.149. The second-order valence-corrected chi connectivity index (χ2v) is 8.11. The Labute approximate surface area is 146 Å². The van der Waals surface area contributed by atoms with Crippen molar-refractivity contribution in [3.05, 3.63) is 27.7 Å². The van der Waals surface area contributed by atoms with E-state index in [0.717, 1.165) is 0 Å². The molecule has 0 aromatic heterocycles. The summed E-state index contributed by atoms with van der Waals surface area (Å²) in [6, 6.07) is 2.95. The molecule has 0 N–H and O–H groups in total. The van der Waals surface area contributed by atoms with Gasteiger partial charge in [0.05, 0.1) is 17.5 Å². The third-order valence-electron chi connectivity index (χ3n) is 3.98. The van der Waals surface area contributed by atoms with Gasteiger partial charge >= 0.3 is 5.97 Å².